The second-order valence-corrected chi connectivity index (χ2v) is 5.20. The van der Waals surface area contributed by atoms with Gasteiger partial charge in [-0.25, -0.2) is 0 Å². The van der Waals surface area contributed by atoms with Crippen molar-refractivity contribution in [1.29, 1.82) is 0 Å². The van der Waals surface area contributed by atoms with Crippen LogP contribution in [0, 0.1) is 6.92 Å². The number of amides is 1. The molecule has 1 aromatic carbocycles. The van der Waals surface area contributed by atoms with Crippen LogP contribution in [0.3, 0.4) is 0 Å². The second-order valence-electron chi connectivity index (χ2n) is 4.28. The zero-order chi connectivity index (χ0) is 13.8. The van der Waals surface area contributed by atoms with E-state index < -0.39 is 0 Å². The first kappa shape index (κ1) is 13.7. The van der Waals surface area contributed by atoms with Crippen molar-refractivity contribution >= 4 is 27.5 Å². The summed E-state index contributed by atoms with van der Waals surface area (Å²) in [6.45, 7) is 4.60. The third kappa shape index (κ3) is 3.20. The Morgan fingerprint density at radius 3 is 2.74 bits per heavy atom. The Kier molecular flexibility index (Phi) is 4.32. The van der Waals surface area contributed by atoms with Crippen LogP contribution in [0.15, 0.2) is 47.2 Å². The number of anilines is 1. The van der Waals surface area contributed by atoms with Crippen LogP contribution < -0.4 is 4.90 Å². The van der Waals surface area contributed by atoms with Crippen molar-refractivity contribution in [2.24, 2.45) is 0 Å². The molecule has 0 saturated carbocycles. The van der Waals surface area contributed by atoms with Gasteiger partial charge in [-0.15, -0.1) is 0 Å². The number of carbonyl (C=O) groups excluding carboxylic acids is 1. The molecule has 0 bridgehead atoms. The number of aryl methyl sites for hydroxylation is 1. The van der Waals surface area contributed by atoms with Gasteiger partial charge in [-0.2, -0.15) is 0 Å². The van der Waals surface area contributed by atoms with E-state index in [0.29, 0.717) is 12.1 Å². The number of halogens is 1. The van der Waals surface area contributed by atoms with Gasteiger partial charge in [0, 0.05) is 29.1 Å². The van der Waals surface area contributed by atoms with E-state index in [2.05, 4.69) is 20.9 Å². The maximum atomic E-state index is 12.5. The lowest BCUT2D eigenvalue weighted by molar-refractivity contribution is 0.0988. The van der Waals surface area contributed by atoms with Crippen molar-refractivity contribution in [3.05, 3.63) is 58.3 Å². The molecule has 0 radical (unpaired) electrons. The molecule has 0 aliphatic heterocycles. The van der Waals surface area contributed by atoms with Gasteiger partial charge in [-0.1, -0.05) is 12.1 Å². The van der Waals surface area contributed by atoms with Gasteiger partial charge in [0.25, 0.3) is 5.91 Å². The van der Waals surface area contributed by atoms with Crippen LogP contribution >= 0.6 is 15.9 Å². The quantitative estimate of drug-likeness (QED) is 0.862. The van der Waals surface area contributed by atoms with Gasteiger partial charge in [0.05, 0.1) is 5.56 Å². The lowest BCUT2D eigenvalue weighted by Crippen LogP contribution is -2.30. The van der Waals surface area contributed by atoms with E-state index in [9.17, 15) is 4.79 Å². The molecule has 98 valence electrons. The second kappa shape index (κ2) is 5.97. The molecule has 3 nitrogen and oxygen atoms in total. The number of pyridine rings is 1. The standard InChI is InChI=1S/C15H15BrN2O/c1-3-18(14-6-4-5-11(2)7-14)15(19)12-8-13(16)10-17-9-12/h4-10H,3H2,1-2H3. The predicted octanol–water partition coefficient (Wildman–Crippen LogP) is 3.82. The number of aromatic nitrogens is 1. The molecule has 4 heteroatoms. The van der Waals surface area contributed by atoms with Crippen molar-refractivity contribution in [3.8, 4) is 0 Å². The molecular weight excluding hydrogens is 304 g/mol. The Labute approximate surface area is 121 Å². The van der Waals surface area contributed by atoms with Crippen molar-refractivity contribution in [2.75, 3.05) is 11.4 Å². The first-order valence-corrected chi connectivity index (χ1v) is 6.90. The van der Waals surface area contributed by atoms with E-state index in [1.807, 2.05) is 38.1 Å². The summed E-state index contributed by atoms with van der Waals surface area (Å²) in [5.74, 6) is -0.0399. The first-order chi connectivity index (χ1) is 9.11. The molecule has 0 fully saturated rings. The Morgan fingerprint density at radius 2 is 2.11 bits per heavy atom. The molecule has 0 N–H and O–H groups in total. The number of benzene rings is 1. The topological polar surface area (TPSA) is 33.2 Å². The minimum Gasteiger partial charge on any atom is -0.309 e. The summed E-state index contributed by atoms with van der Waals surface area (Å²) in [6, 6.07) is 9.71. The molecule has 1 aromatic heterocycles. The van der Waals surface area contributed by atoms with E-state index in [0.717, 1.165) is 15.7 Å². The Hall–Kier alpha value is -1.68. The monoisotopic (exact) mass is 318 g/mol. The van der Waals surface area contributed by atoms with E-state index in [1.54, 1.807) is 23.4 Å². The largest absolute Gasteiger partial charge is 0.309 e. The fourth-order valence-corrected chi connectivity index (χ4v) is 2.29. The summed E-state index contributed by atoms with van der Waals surface area (Å²) >= 11 is 3.34. The number of rotatable bonds is 3. The van der Waals surface area contributed by atoms with Gasteiger partial charge in [-0.3, -0.25) is 9.78 Å². The van der Waals surface area contributed by atoms with Crippen LogP contribution in [0.25, 0.3) is 0 Å². The zero-order valence-corrected chi connectivity index (χ0v) is 12.5. The fraction of sp³-hybridized carbons (Fsp3) is 0.200. The van der Waals surface area contributed by atoms with Crippen LogP contribution in [0.5, 0.6) is 0 Å². The van der Waals surface area contributed by atoms with Crippen molar-refractivity contribution in [3.63, 3.8) is 0 Å². The van der Waals surface area contributed by atoms with Gasteiger partial charge in [0.1, 0.15) is 0 Å². The highest BCUT2D eigenvalue weighted by atomic mass is 79.9. The Bertz CT molecular complexity index is 598. The van der Waals surface area contributed by atoms with Crippen LogP contribution in [0.2, 0.25) is 0 Å². The highest BCUT2D eigenvalue weighted by molar-refractivity contribution is 9.10. The third-order valence-corrected chi connectivity index (χ3v) is 3.26. The van der Waals surface area contributed by atoms with Crippen LogP contribution in [0.4, 0.5) is 5.69 Å². The zero-order valence-electron chi connectivity index (χ0n) is 10.9. The maximum Gasteiger partial charge on any atom is 0.259 e. The summed E-state index contributed by atoms with van der Waals surface area (Å²) < 4.78 is 0.804. The van der Waals surface area contributed by atoms with E-state index in [-0.39, 0.29) is 5.91 Å². The summed E-state index contributed by atoms with van der Waals surface area (Å²) in [4.78, 5) is 18.3. The van der Waals surface area contributed by atoms with Crippen molar-refractivity contribution < 1.29 is 4.79 Å². The average Bonchev–Trinajstić information content (AvgIpc) is 2.39. The van der Waals surface area contributed by atoms with Crippen LogP contribution in [-0.4, -0.2) is 17.4 Å². The van der Waals surface area contributed by atoms with Crippen molar-refractivity contribution in [1.82, 2.24) is 4.98 Å². The molecule has 2 rings (SSSR count). The average molecular weight is 319 g/mol. The van der Waals surface area contributed by atoms with Crippen LogP contribution in [0.1, 0.15) is 22.8 Å². The van der Waals surface area contributed by atoms with E-state index in [4.69, 9.17) is 0 Å². The molecule has 19 heavy (non-hydrogen) atoms. The van der Waals surface area contributed by atoms with Crippen LogP contribution in [-0.2, 0) is 0 Å². The summed E-state index contributed by atoms with van der Waals surface area (Å²) in [5.41, 5.74) is 2.63. The van der Waals surface area contributed by atoms with E-state index in [1.165, 1.54) is 0 Å². The molecule has 1 heterocycles. The van der Waals surface area contributed by atoms with Crippen molar-refractivity contribution in [2.45, 2.75) is 13.8 Å². The molecule has 2 aromatic rings. The number of hydrogen-bond acceptors (Lipinski definition) is 2. The van der Waals surface area contributed by atoms with Gasteiger partial charge in [-0.05, 0) is 53.5 Å². The SMILES string of the molecule is CCN(C(=O)c1cncc(Br)c1)c1cccc(C)c1. The lowest BCUT2D eigenvalue weighted by atomic mass is 10.2. The van der Waals surface area contributed by atoms with Gasteiger partial charge < -0.3 is 4.90 Å². The minimum atomic E-state index is -0.0399. The molecule has 0 saturated heterocycles. The summed E-state index contributed by atoms with van der Waals surface area (Å²) in [7, 11) is 0. The number of nitrogens with zero attached hydrogens (tertiary/aromatic N) is 2. The molecule has 0 atom stereocenters. The normalized spacial score (nSPS) is 10.3. The molecule has 0 aliphatic rings. The lowest BCUT2D eigenvalue weighted by Gasteiger charge is -2.21. The smallest absolute Gasteiger partial charge is 0.259 e. The minimum absolute atomic E-state index is 0.0399. The highest BCUT2D eigenvalue weighted by Gasteiger charge is 2.16. The molecule has 1 amide bonds. The highest BCUT2D eigenvalue weighted by Crippen LogP contribution is 2.19. The Morgan fingerprint density at radius 1 is 1.32 bits per heavy atom. The van der Waals surface area contributed by atoms with Gasteiger partial charge >= 0.3 is 0 Å². The number of hydrogen-bond donors (Lipinski definition) is 0. The number of carbonyl (C=O) groups is 1. The summed E-state index contributed by atoms with van der Waals surface area (Å²) in [6.07, 6.45) is 3.26. The van der Waals surface area contributed by atoms with Gasteiger partial charge in [0.15, 0.2) is 0 Å². The molecule has 0 aliphatic carbocycles. The van der Waals surface area contributed by atoms with E-state index >= 15 is 0 Å². The third-order valence-electron chi connectivity index (χ3n) is 2.83. The fourth-order valence-electron chi connectivity index (χ4n) is 1.92. The Balaban J connectivity index is 2.34. The van der Waals surface area contributed by atoms with Gasteiger partial charge in [0.2, 0.25) is 0 Å². The first-order valence-electron chi connectivity index (χ1n) is 6.11. The maximum absolute atomic E-state index is 12.5. The predicted molar refractivity (Wildman–Crippen MR) is 80.5 cm³/mol. The molecular formula is C15H15BrN2O. The summed E-state index contributed by atoms with van der Waals surface area (Å²) in [5, 5.41) is 0. The molecule has 0 unspecified atom stereocenters. The molecule has 0 spiro atoms.